The molecule has 4 nitrogen and oxygen atoms in total. The number of carbonyl (C=O) groups is 1. The lowest BCUT2D eigenvalue weighted by molar-refractivity contribution is -0.136. The van der Waals surface area contributed by atoms with Crippen LogP contribution in [-0.2, 0) is 16.0 Å². The number of aryl methyl sites for hydroxylation is 1. The fourth-order valence-corrected chi connectivity index (χ4v) is 3.92. The Balaban J connectivity index is 1.60. The maximum Gasteiger partial charge on any atom is 0.303 e. The van der Waals surface area contributed by atoms with Crippen LogP contribution < -0.4 is 4.74 Å². The van der Waals surface area contributed by atoms with E-state index in [1.807, 2.05) is 24.3 Å². The summed E-state index contributed by atoms with van der Waals surface area (Å²) in [5, 5.41) is 8.76. The van der Waals surface area contributed by atoms with Crippen molar-refractivity contribution in [3.05, 3.63) is 41.0 Å². The molecule has 25 heavy (non-hydrogen) atoms. The number of hydrogen-bond donors (Lipinski definition) is 1. The van der Waals surface area contributed by atoms with Gasteiger partial charge in [-0.05, 0) is 61.3 Å². The molecule has 1 aromatic rings. The smallest absolute Gasteiger partial charge is 0.303 e. The topological polar surface area (TPSA) is 55.8 Å². The Kier molecular flexibility index (Phi) is 6.51. The minimum Gasteiger partial charge on any atom is -0.489 e. The summed E-state index contributed by atoms with van der Waals surface area (Å²) >= 11 is 0. The molecular weight excluding hydrogens is 316 g/mol. The normalized spacial score (nSPS) is 19.0. The van der Waals surface area contributed by atoms with E-state index in [9.17, 15) is 4.79 Å². The molecule has 1 N–H and O–H groups in total. The summed E-state index contributed by atoms with van der Waals surface area (Å²) in [6.07, 6.45) is 8.08. The number of rotatable bonds is 7. The van der Waals surface area contributed by atoms with Crippen molar-refractivity contribution in [2.75, 3.05) is 19.8 Å². The van der Waals surface area contributed by atoms with Crippen molar-refractivity contribution in [1.82, 2.24) is 0 Å². The van der Waals surface area contributed by atoms with Crippen LogP contribution in [0.4, 0.5) is 0 Å². The van der Waals surface area contributed by atoms with Gasteiger partial charge in [-0.2, -0.15) is 0 Å². The number of carboxylic acid groups (broad SMARTS) is 1. The van der Waals surface area contributed by atoms with Crippen molar-refractivity contribution in [2.24, 2.45) is 5.92 Å². The van der Waals surface area contributed by atoms with E-state index in [2.05, 4.69) is 0 Å². The molecule has 0 unspecified atom stereocenters. The fraction of sp³-hybridized carbons (Fsp3) is 0.571. The summed E-state index contributed by atoms with van der Waals surface area (Å²) in [5.41, 5.74) is 4.05. The van der Waals surface area contributed by atoms with Crippen molar-refractivity contribution in [3.63, 3.8) is 0 Å². The molecule has 1 fully saturated rings. The van der Waals surface area contributed by atoms with Gasteiger partial charge in [0.15, 0.2) is 0 Å². The van der Waals surface area contributed by atoms with Crippen LogP contribution in [0.25, 0.3) is 0 Å². The van der Waals surface area contributed by atoms with Gasteiger partial charge in [0.25, 0.3) is 0 Å². The molecule has 0 atom stereocenters. The molecule has 0 radical (unpaired) electrons. The Hall–Kier alpha value is -1.81. The largest absolute Gasteiger partial charge is 0.489 e. The van der Waals surface area contributed by atoms with Gasteiger partial charge < -0.3 is 14.6 Å². The van der Waals surface area contributed by atoms with Gasteiger partial charge in [-0.15, -0.1) is 0 Å². The van der Waals surface area contributed by atoms with Gasteiger partial charge in [0, 0.05) is 6.42 Å². The Labute approximate surface area is 149 Å². The lowest BCUT2D eigenvalue weighted by Crippen LogP contribution is -2.10. The van der Waals surface area contributed by atoms with Crippen molar-refractivity contribution in [3.8, 4) is 5.75 Å². The summed E-state index contributed by atoms with van der Waals surface area (Å²) < 4.78 is 11.7. The van der Waals surface area contributed by atoms with E-state index in [4.69, 9.17) is 14.6 Å². The van der Waals surface area contributed by atoms with Crippen LogP contribution in [0.5, 0.6) is 5.75 Å². The van der Waals surface area contributed by atoms with Gasteiger partial charge in [0.1, 0.15) is 12.4 Å². The van der Waals surface area contributed by atoms with Gasteiger partial charge in [0.2, 0.25) is 0 Å². The SMILES string of the molecule is O=C(O)CCc1ccc(OCC2=C(C3CCCC3)CCOCC2)cc1. The lowest BCUT2D eigenvalue weighted by Gasteiger charge is -2.19. The van der Waals surface area contributed by atoms with E-state index in [0.717, 1.165) is 43.3 Å². The third-order valence-electron chi connectivity index (χ3n) is 5.33. The molecule has 1 heterocycles. The third-order valence-corrected chi connectivity index (χ3v) is 5.33. The maximum atomic E-state index is 10.6. The van der Waals surface area contributed by atoms with E-state index in [-0.39, 0.29) is 6.42 Å². The number of carboxylic acids is 1. The summed E-state index contributed by atoms with van der Waals surface area (Å²) in [5.74, 6) is 0.823. The van der Waals surface area contributed by atoms with E-state index in [0.29, 0.717) is 13.0 Å². The number of hydrogen-bond acceptors (Lipinski definition) is 3. The highest BCUT2D eigenvalue weighted by Gasteiger charge is 2.23. The van der Waals surface area contributed by atoms with Crippen molar-refractivity contribution >= 4 is 5.97 Å². The van der Waals surface area contributed by atoms with Crippen LogP contribution >= 0.6 is 0 Å². The van der Waals surface area contributed by atoms with Crippen molar-refractivity contribution in [1.29, 1.82) is 0 Å². The zero-order valence-corrected chi connectivity index (χ0v) is 14.8. The number of benzene rings is 1. The molecule has 1 aromatic carbocycles. The minimum atomic E-state index is -0.762. The summed E-state index contributed by atoms with van der Waals surface area (Å²) in [4.78, 5) is 10.6. The van der Waals surface area contributed by atoms with E-state index in [1.54, 1.807) is 5.57 Å². The molecule has 0 saturated heterocycles. The highest BCUT2D eigenvalue weighted by molar-refractivity contribution is 5.67. The van der Waals surface area contributed by atoms with Gasteiger partial charge in [-0.3, -0.25) is 4.79 Å². The molecule has 1 aliphatic carbocycles. The fourth-order valence-electron chi connectivity index (χ4n) is 3.92. The highest BCUT2D eigenvalue weighted by atomic mass is 16.5. The molecule has 0 amide bonds. The maximum absolute atomic E-state index is 10.6. The van der Waals surface area contributed by atoms with Crippen LogP contribution in [0.2, 0.25) is 0 Å². The van der Waals surface area contributed by atoms with Crippen LogP contribution in [0.15, 0.2) is 35.4 Å². The Morgan fingerprint density at radius 1 is 1.12 bits per heavy atom. The highest BCUT2D eigenvalue weighted by Crippen LogP contribution is 2.36. The van der Waals surface area contributed by atoms with Crippen LogP contribution in [-0.4, -0.2) is 30.9 Å². The van der Waals surface area contributed by atoms with Crippen LogP contribution in [0.3, 0.4) is 0 Å². The van der Waals surface area contributed by atoms with Gasteiger partial charge in [-0.1, -0.05) is 30.5 Å². The van der Waals surface area contributed by atoms with Crippen LogP contribution in [0.1, 0.15) is 50.5 Å². The first-order valence-electron chi connectivity index (χ1n) is 9.44. The second kappa shape index (κ2) is 9.04. The summed E-state index contributed by atoms with van der Waals surface area (Å²) in [7, 11) is 0. The van der Waals surface area contributed by atoms with Crippen LogP contribution in [0, 0.1) is 5.92 Å². The summed E-state index contributed by atoms with van der Waals surface area (Å²) in [6.45, 7) is 2.28. The molecule has 0 aromatic heterocycles. The number of ether oxygens (including phenoxy) is 2. The molecule has 1 aliphatic heterocycles. The van der Waals surface area contributed by atoms with Gasteiger partial charge in [0.05, 0.1) is 13.2 Å². The molecule has 136 valence electrons. The molecule has 4 heteroatoms. The Bertz CT molecular complexity index is 597. The minimum absolute atomic E-state index is 0.165. The first-order chi connectivity index (χ1) is 12.2. The average Bonchev–Trinajstić information content (AvgIpc) is 3.05. The predicted molar refractivity (Wildman–Crippen MR) is 96.9 cm³/mol. The van der Waals surface area contributed by atoms with Gasteiger partial charge >= 0.3 is 5.97 Å². The first-order valence-corrected chi connectivity index (χ1v) is 9.44. The molecular formula is C21H28O4. The average molecular weight is 344 g/mol. The van der Waals surface area contributed by atoms with Crippen molar-refractivity contribution in [2.45, 2.75) is 51.4 Å². The zero-order valence-electron chi connectivity index (χ0n) is 14.8. The van der Waals surface area contributed by atoms with E-state index >= 15 is 0 Å². The standard InChI is InChI=1S/C21H28O4/c22-21(23)10-7-16-5-8-19(9-6-16)25-15-18-11-13-24-14-12-20(18)17-3-1-2-4-17/h5-6,8-9,17H,1-4,7,10-15H2,(H,22,23). The zero-order chi connectivity index (χ0) is 17.5. The third kappa shape index (κ3) is 5.33. The predicted octanol–water partition coefficient (Wildman–Crippen LogP) is 4.38. The molecule has 0 spiro atoms. The molecule has 1 saturated carbocycles. The lowest BCUT2D eigenvalue weighted by atomic mass is 9.90. The molecule has 3 rings (SSSR count). The quantitative estimate of drug-likeness (QED) is 0.746. The molecule has 2 aliphatic rings. The second-order valence-electron chi connectivity index (χ2n) is 7.05. The van der Waals surface area contributed by atoms with E-state index in [1.165, 1.54) is 31.3 Å². The Morgan fingerprint density at radius 3 is 2.56 bits per heavy atom. The van der Waals surface area contributed by atoms with E-state index < -0.39 is 5.97 Å². The van der Waals surface area contributed by atoms with Crippen molar-refractivity contribution < 1.29 is 19.4 Å². The Morgan fingerprint density at radius 2 is 1.84 bits per heavy atom. The first kappa shape index (κ1) is 18.0. The number of aliphatic carboxylic acids is 1. The molecule has 0 bridgehead atoms. The monoisotopic (exact) mass is 344 g/mol. The summed E-state index contributed by atoms with van der Waals surface area (Å²) in [6, 6.07) is 7.81. The van der Waals surface area contributed by atoms with Gasteiger partial charge in [-0.25, -0.2) is 0 Å². The second-order valence-corrected chi connectivity index (χ2v) is 7.05.